The van der Waals surface area contributed by atoms with Gasteiger partial charge in [-0.05, 0) is 60.0 Å². The summed E-state index contributed by atoms with van der Waals surface area (Å²) in [6.45, 7) is 3.71. The van der Waals surface area contributed by atoms with E-state index in [-0.39, 0.29) is 0 Å². The molecule has 0 aliphatic rings. The fourth-order valence-electron chi connectivity index (χ4n) is 3.44. The second-order valence-electron chi connectivity index (χ2n) is 6.74. The molecule has 27 heavy (non-hydrogen) atoms. The highest BCUT2D eigenvalue weighted by molar-refractivity contribution is 9.10. The molecule has 1 aromatic heterocycles. The maximum atomic E-state index is 6.16. The predicted octanol–water partition coefficient (Wildman–Crippen LogP) is 7.03. The number of benzene rings is 3. The summed E-state index contributed by atoms with van der Waals surface area (Å²) in [5, 5.41) is 5.63. The van der Waals surface area contributed by atoms with E-state index < -0.39 is 0 Å². The van der Waals surface area contributed by atoms with Crippen LogP contribution in [0.4, 0.5) is 5.69 Å². The van der Waals surface area contributed by atoms with Crippen molar-refractivity contribution in [2.75, 3.05) is 5.32 Å². The molecular formula is C23H20BrClN2. The summed E-state index contributed by atoms with van der Waals surface area (Å²) in [7, 11) is 0. The van der Waals surface area contributed by atoms with Crippen LogP contribution in [-0.4, -0.2) is 4.57 Å². The van der Waals surface area contributed by atoms with Gasteiger partial charge in [-0.2, -0.15) is 0 Å². The van der Waals surface area contributed by atoms with Gasteiger partial charge in [0.1, 0.15) is 0 Å². The Morgan fingerprint density at radius 2 is 1.85 bits per heavy atom. The number of hydrogen-bond acceptors (Lipinski definition) is 1. The first-order chi connectivity index (χ1) is 13.1. The summed E-state index contributed by atoms with van der Waals surface area (Å²) in [6.07, 6.45) is 2.24. The van der Waals surface area contributed by atoms with Crippen molar-refractivity contribution in [2.24, 2.45) is 0 Å². The number of rotatable bonds is 5. The van der Waals surface area contributed by atoms with Crippen molar-refractivity contribution in [3.63, 3.8) is 0 Å². The Kier molecular flexibility index (Phi) is 5.24. The summed E-state index contributed by atoms with van der Waals surface area (Å²) < 4.78 is 3.40. The number of halogens is 2. The molecule has 1 heterocycles. The summed E-state index contributed by atoms with van der Waals surface area (Å²) in [5.74, 6) is 0. The minimum absolute atomic E-state index is 0.775. The van der Waals surface area contributed by atoms with Crippen LogP contribution in [-0.2, 0) is 13.1 Å². The van der Waals surface area contributed by atoms with E-state index in [2.05, 4.69) is 87.5 Å². The number of nitrogens with zero attached hydrogens (tertiary/aromatic N) is 1. The molecule has 0 aliphatic carbocycles. The molecule has 0 radical (unpaired) electrons. The predicted molar refractivity (Wildman–Crippen MR) is 119 cm³/mol. The van der Waals surface area contributed by atoms with E-state index in [0.29, 0.717) is 0 Å². The first-order valence-electron chi connectivity index (χ1n) is 8.91. The molecule has 3 aromatic carbocycles. The van der Waals surface area contributed by atoms with E-state index >= 15 is 0 Å². The van der Waals surface area contributed by atoms with Gasteiger partial charge in [0.15, 0.2) is 0 Å². The van der Waals surface area contributed by atoms with E-state index in [1.165, 1.54) is 27.6 Å². The highest BCUT2D eigenvalue weighted by Crippen LogP contribution is 2.25. The molecule has 0 saturated heterocycles. The maximum absolute atomic E-state index is 6.16. The minimum atomic E-state index is 0.775. The van der Waals surface area contributed by atoms with Crippen molar-refractivity contribution >= 4 is 44.1 Å². The lowest BCUT2D eigenvalue weighted by Crippen LogP contribution is -2.01. The Morgan fingerprint density at radius 1 is 1.00 bits per heavy atom. The fraction of sp³-hybridized carbons (Fsp3) is 0.130. The summed E-state index contributed by atoms with van der Waals surface area (Å²) in [6, 6.07) is 22.9. The van der Waals surface area contributed by atoms with Crippen LogP contribution < -0.4 is 5.32 Å². The van der Waals surface area contributed by atoms with Crippen molar-refractivity contribution in [1.82, 2.24) is 4.57 Å². The van der Waals surface area contributed by atoms with Crippen molar-refractivity contribution < 1.29 is 0 Å². The van der Waals surface area contributed by atoms with E-state index in [4.69, 9.17) is 11.6 Å². The van der Waals surface area contributed by atoms with Gasteiger partial charge >= 0.3 is 0 Å². The molecule has 4 aromatic rings. The number of para-hydroxylation sites is 1. The molecule has 0 aliphatic heterocycles. The number of hydrogen-bond donors (Lipinski definition) is 1. The van der Waals surface area contributed by atoms with Crippen molar-refractivity contribution in [3.05, 3.63) is 99.1 Å². The van der Waals surface area contributed by atoms with Crippen LogP contribution in [0.15, 0.2) is 77.4 Å². The molecule has 0 unspecified atom stereocenters. The number of aryl methyl sites for hydroxylation is 1. The molecule has 2 nitrogen and oxygen atoms in total. The zero-order valence-corrected chi connectivity index (χ0v) is 17.4. The molecular weight excluding hydrogens is 420 g/mol. The first kappa shape index (κ1) is 18.1. The minimum Gasteiger partial charge on any atom is -0.381 e. The Balaban J connectivity index is 1.63. The second kappa shape index (κ2) is 7.79. The number of aromatic nitrogens is 1. The zero-order chi connectivity index (χ0) is 18.8. The standard InChI is InChI=1S/C23H20BrClN2/c1-16-11-19(24)9-10-22(16)26-13-18-15-27(23-8-3-2-7-21(18)23)14-17-5-4-6-20(25)12-17/h2-12,15,26H,13-14H2,1H3. The SMILES string of the molecule is Cc1cc(Br)ccc1NCc1cn(Cc2cccc(Cl)c2)c2ccccc12. The van der Waals surface area contributed by atoms with Gasteiger partial charge in [-0.15, -0.1) is 0 Å². The monoisotopic (exact) mass is 438 g/mol. The van der Waals surface area contributed by atoms with Crippen LogP contribution in [0.5, 0.6) is 0 Å². The van der Waals surface area contributed by atoms with Crippen molar-refractivity contribution in [2.45, 2.75) is 20.0 Å². The third-order valence-corrected chi connectivity index (χ3v) is 5.50. The lowest BCUT2D eigenvalue weighted by atomic mass is 10.1. The highest BCUT2D eigenvalue weighted by atomic mass is 79.9. The number of anilines is 1. The average molecular weight is 440 g/mol. The number of fused-ring (bicyclic) bond motifs is 1. The Morgan fingerprint density at radius 3 is 2.67 bits per heavy atom. The van der Waals surface area contributed by atoms with Gasteiger partial charge in [0.05, 0.1) is 0 Å². The fourth-order valence-corrected chi connectivity index (χ4v) is 4.13. The molecule has 4 heteroatoms. The second-order valence-corrected chi connectivity index (χ2v) is 8.09. The molecule has 0 bridgehead atoms. The van der Waals surface area contributed by atoms with E-state index in [9.17, 15) is 0 Å². The lowest BCUT2D eigenvalue weighted by molar-refractivity contribution is 0.831. The zero-order valence-electron chi connectivity index (χ0n) is 15.0. The van der Waals surface area contributed by atoms with Crippen LogP contribution in [0.25, 0.3) is 10.9 Å². The first-order valence-corrected chi connectivity index (χ1v) is 10.1. The van der Waals surface area contributed by atoms with Crippen LogP contribution >= 0.6 is 27.5 Å². The summed E-state index contributed by atoms with van der Waals surface area (Å²) in [4.78, 5) is 0. The largest absolute Gasteiger partial charge is 0.381 e. The van der Waals surface area contributed by atoms with Gasteiger partial charge in [-0.25, -0.2) is 0 Å². The molecule has 136 valence electrons. The lowest BCUT2D eigenvalue weighted by Gasteiger charge is -2.09. The highest BCUT2D eigenvalue weighted by Gasteiger charge is 2.09. The van der Waals surface area contributed by atoms with Gasteiger partial charge < -0.3 is 9.88 Å². The Hall–Kier alpha value is -2.23. The van der Waals surface area contributed by atoms with E-state index in [1.807, 2.05) is 18.2 Å². The maximum Gasteiger partial charge on any atom is 0.0486 e. The molecule has 0 amide bonds. The molecule has 0 fully saturated rings. The Bertz CT molecular complexity index is 1100. The quantitative estimate of drug-likeness (QED) is 0.353. The van der Waals surface area contributed by atoms with Crippen molar-refractivity contribution in [3.8, 4) is 0 Å². The average Bonchev–Trinajstić information content (AvgIpc) is 2.99. The molecule has 4 rings (SSSR count). The van der Waals surface area contributed by atoms with Crippen molar-refractivity contribution in [1.29, 1.82) is 0 Å². The normalized spacial score (nSPS) is 11.1. The topological polar surface area (TPSA) is 17.0 Å². The van der Waals surface area contributed by atoms with Gasteiger partial charge in [0.25, 0.3) is 0 Å². The van der Waals surface area contributed by atoms with Gasteiger partial charge in [-0.1, -0.05) is 57.9 Å². The van der Waals surface area contributed by atoms with Crippen LogP contribution in [0, 0.1) is 6.92 Å². The van der Waals surface area contributed by atoms with Crippen LogP contribution in [0.1, 0.15) is 16.7 Å². The van der Waals surface area contributed by atoms with Gasteiger partial charge in [0.2, 0.25) is 0 Å². The van der Waals surface area contributed by atoms with Gasteiger partial charge in [0, 0.05) is 45.4 Å². The van der Waals surface area contributed by atoms with Crippen LogP contribution in [0.3, 0.4) is 0 Å². The summed E-state index contributed by atoms with van der Waals surface area (Å²) in [5.41, 5.74) is 6.11. The molecule has 0 saturated carbocycles. The Labute approximate surface area is 172 Å². The molecule has 0 atom stereocenters. The summed E-state index contributed by atoms with van der Waals surface area (Å²) >= 11 is 9.68. The van der Waals surface area contributed by atoms with E-state index in [0.717, 1.165) is 28.3 Å². The molecule has 1 N–H and O–H groups in total. The smallest absolute Gasteiger partial charge is 0.0486 e. The third kappa shape index (κ3) is 4.05. The van der Waals surface area contributed by atoms with Crippen LogP contribution in [0.2, 0.25) is 5.02 Å². The third-order valence-electron chi connectivity index (χ3n) is 4.77. The molecule has 0 spiro atoms. The van der Waals surface area contributed by atoms with Gasteiger partial charge in [-0.3, -0.25) is 0 Å². The van der Waals surface area contributed by atoms with E-state index in [1.54, 1.807) is 0 Å². The number of nitrogens with one attached hydrogen (secondary N) is 1.